The second-order valence-corrected chi connectivity index (χ2v) is 6.29. The summed E-state index contributed by atoms with van der Waals surface area (Å²) in [5.74, 6) is 1.13. The van der Waals surface area contributed by atoms with Gasteiger partial charge < -0.3 is 14.4 Å². The molecule has 1 aromatic carbocycles. The Morgan fingerprint density at radius 2 is 1.92 bits per heavy atom. The molecule has 2 heterocycles. The molecule has 25 heavy (non-hydrogen) atoms. The minimum Gasteiger partial charge on any atom is -0.490 e. The van der Waals surface area contributed by atoms with Gasteiger partial charge in [0.25, 0.3) is 0 Å². The zero-order valence-electron chi connectivity index (χ0n) is 14.5. The Balaban J connectivity index is 1.41. The van der Waals surface area contributed by atoms with Crippen LogP contribution in [-0.2, 0) is 6.42 Å². The fourth-order valence-corrected chi connectivity index (χ4v) is 3.11. The van der Waals surface area contributed by atoms with Crippen molar-refractivity contribution in [2.75, 3.05) is 33.4 Å². The smallest absolute Gasteiger partial charge is 0.235 e. The van der Waals surface area contributed by atoms with Crippen LogP contribution in [0.15, 0.2) is 36.7 Å². The van der Waals surface area contributed by atoms with Gasteiger partial charge in [-0.25, -0.2) is 9.37 Å². The maximum absolute atomic E-state index is 13.6. The number of nitrogens with zero attached hydrogens (tertiary/aromatic N) is 3. The van der Waals surface area contributed by atoms with Gasteiger partial charge in [0, 0.05) is 25.4 Å². The maximum Gasteiger partial charge on any atom is 0.235 e. The van der Waals surface area contributed by atoms with Crippen LogP contribution in [0.5, 0.6) is 11.6 Å². The van der Waals surface area contributed by atoms with Gasteiger partial charge in [-0.2, -0.15) is 0 Å². The van der Waals surface area contributed by atoms with E-state index in [1.165, 1.54) is 6.07 Å². The van der Waals surface area contributed by atoms with Crippen LogP contribution in [0.3, 0.4) is 0 Å². The Morgan fingerprint density at radius 1 is 1.16 bits per heavy atom. The summed E-state index contributed by atoms with van der Waals surface area (Å²) in [6, 6.07) is 6.58. The highest BCUT2D eigenvalue weighted by Crippen LogP contribution is 2.22. The van der Waals surface area contributed by atoms with Crippen molar-refractivity contribution in [3.63, 3.8) is 0 Å². The van der Waals surface area contributed by atoms with E-state index in [0.29, 0.717) is 24.2 Å². The van der Waals surface area contributed by atoms with E-state index < -0.39 is 0 Å². The number of benzene rings is 1. The summed E-state index contributed by atoms with van der Waals surface area (Å²) >= 11 is 0. The highest BCUT2D eigenvalue weighted by atomic mass is 19.1. The number of hydrogen-bond donors (Lipinski definition) is 0. The lowest BCUT2D eigenvalue weighted by molar-refractivity contribution is 0.139. The Kier molecular flexibility index (Phi) is 6.17. The lowest BCUT2D eigenvalue weighted by Crippen LogP contribution is -2.36. The van der Waals surface area contributed by atoms with E-state index in [1.807, 2.05) is 0 Å². The fourth-order valence-electron chi connectivity index (χ4n) is 3.11. The second kappa shape index (κ2) is 8.76. The molecule has 2 aromatic rings. The van der Waals surface area contributed by atoms with Gasteiger partial charge in [-0.1, -0.05) is 12.1 Å². The van der Waals surface area contributed by atoms with Gasteiger partial charge in [0.15, 0.2) is 11.6 Å². The third-order valence-corrected chi connectivity index (χ3v) is 4.61. The van der Waals surface area contributed by atoms with Crippen molar-refractivity contribution in [1.29, 1.82) is 0 Å². The van der Waals surface area contributed by atoms with Gasteiger partial charge >= 0.3 is 0 Å². The zero-order chi connectivity index (χ0) is 17.5. The number of piperidine rings is 1. The number of methoxy groups -OCH3 is 1. The highest BCUT2D eigenvalue weighted by molar-refractivity contribution is 5.23. The molecular formula is C19H24FN3O2. The number of likely N-dealkylation sites (tertiary alicyclic amines) is 1. The van der Waals surface area contributed by atoms with Crippen molar-refractivity contribution in [3.05, 3.63) is 48.2 Å². The Hall–Kier alpha value is -2.21. The number of para-hydroxylation sites is 1. The molecule has 0 unspecified atom stereocenters. The van der Waals surface area contributed by atoms with E-state index in [-0.39, 0.29) is 5.82 Å². The molecule has 0 aliphatic carbocycles. The summed E-state index contributed by atoms with van der Waals surface area (Å²) in [6.07, 6.45) is 6.29. The Bertz CT molecular complexity index is 675. The van der Waals surface area contributed by atoms with Gasteiger partial charge in [0.2, 0.25) is 5.88 Å². The van der Waals surface area contributed by atoms with Crippen LogP contribution in [0.2, 0.25) is 0 Å². The first-order valence-electron chi connectivity index (χ1n) is 8.70. The normalized spacial score (nSPS) is 15.9. The van der Waals surface area contributed by atoms with Crippen molar-refractivity contribution < 1.29 is 13.9 Å². The summed E-state index contributed by atoms with van der Waals surface area (Å²) in [4.78, 5) is 11.0. The number of ether oxygens (including phenoxy) is 2. The van der Waals surface area contributed by atoms with Crippen molar-refractivity contribution in [3.8, 4) is 11.6 Å². The predicted octanol–water partition coefficient (Wildman–Crippen LogP) is 2.96. The molecule has 6 heteroatoms. The third-order valence-electron chi connectivity index (χ3n) is 4.61. The van der Waals surface area contributed by atoms with E-state index in [0.717, 1.165) is 44.6 Å². The van der Waals surface area contributed by atoms with Gasteiger partial charge in [-0.15, -0.1) is 0 Å². The van der Waals surface area contributed by atoms with E-state index in [9.17, 15) is 4.39 Å². The topological polar surface area (TPSA) is 47.5 Å². The molecule has 1 aromatic heterocycles. The third kappa shape index (κ3) is 4.89. The van der Waals surface area contributed by atoms with Gasteiger partial charge in [0.05, 0.1) is 13.7 Å². The molecule has 3 rings (SSSR count). The van der Waals surface area contributed by atoms with Crippen LogP contribution in [0.25, 0.3) is 0 Å². The van der Waals surface area contributed by atoms with E-state index in [1.54, 1.807) is 37.7 Å². The molecule has 0 saturated carbocycles. The van der Waals surface area contributed by atoms with Crippen molar-refractivity contribution in [1.82, 2.24) is 14.9 Å². The summed E-state index contributed by atoms with van der Waals surface area (Å²) in [5.41, 5.74) is 0.898. The molecule has 0 spiro atoms. The van der Waals surface area contributed by atoms with Crippen LogP contribution in [0.1, 0.15) is 18.5 Å². The Morgan fingerprint density at radius 3 is 2.68 bits per heavy atom. The van der Waals surface area contributed by atoms with Crippen molar-refractivity contribution >= 4 is 0 Å². The monoisotopic (exact) mass is 345 g/mol. The molecule has 1 aliphatic rings. The van der Waals surface area contributed by atoms with Crippen LogP contribution in [-0.4, -0.2) is 48.2 Å². The van der Waals surface area contributed by atoms with E-state index in [2.05, 4.69) is 14.9 Å². The summed E-state index contributed by atoms with van der Waals surface area (Å²) < 4.78 is 24.5. The number of rotatable bonds is 7. The second-order valence-electron chi connectivity index (χ2n) is 6.29. The number of aromatic nitrogens is 2. The minimum absolute atomic E-state index is 0.294. The SMILES string of the molecule is COc1nccnc1CCN1CCC(COc2ccccc2F)CC1. The highest BCUT2D eigenvalue weighted by Gasteiger charge is 2.20. The first-order valence-corrected chi connectivity index (χ1v) is 8.70. The number of halogens is 1. The fraction of sp³-hybridized carbons (Fsp3) is 0.474. The first kappa shape index (κ1) is 17.6. The van der Waals surface area contributed by atoms with Crippen LogP contribution in [0, 0.1) is 11.7 Å². The molecule has 0 atom stereocenters. The van der Waals surface area contributed by atoms with Crippen LogP contribution >= 0.6 is 0 Å². The lowest BCUT2D eigenvalue weighted by Gasteiger charge is -2.31. The lowest BCUT2D eigenvalue weighted by atomic mass is 9.97. The first-order chi connectivity index (χ1) is 12.3. The summed E-state index contributed by atoms with van der Waals surface area (Å²) in [6.45, 7) is 3.56. The Labute approximate surface area is 147 Å². The van der Waals surface area contributed by atoms with Crippen LogP contribution < -0.4 is 9.47 Å². The molecule has 1 saturated heterocycles. The summed E-state index contributed by atoms with van der Waals surface area (Å²) in [5, 5.41) is 0. The van der Waals surface area contributed by atoms with Crippen molar-refractivity contribution in [2.45, 2.75) is 19.3 Å². The molecule has 1 fully saturated rings. The molecule has 1 aliphatic heterocycles. The minimum atomic E-state index is -0.294. The molecule has 0 bridgehead atoms. The zero-order valence-corrected chi connectivity index (χ0v) is 14.5. The van der Waals surface area contributed by atoms with Crippen molar-refractivity contribution in [2.24, 2.45) is 5.92 Å². The predicted molar refractivity (Wildman–Crippen MR) is 93.3 cm³/mol. The molecule has 0 amide bonds. The van der Waals surface area contributed by atoms with Gasteiger partial charge in [-0.3, -0.25) is 4.98 Å². The molecular weight excluding hydrogens is 321 g/mol. The molecule has 0 radical (unpaired) electrons. The molecule has 5 nitrogen and oxygen atoms in total. The number of hydrogen-bond acceptors (Lipinski definition) is 5. The van der Waals surface area contributed by atoms with E-state index >= 15 is 0 Å². The summed E-state index contributed by atoms with van der Waals surface area (Å²) in [7, 11) is 1.62. The largest absolute Gasteiger partial charge is 0.490 e. The quantitative estimate of drug-likeness (QED) is 0.772. The molecule has 134 valence electrons. The molecule has 0 N–H and O–H groups in total. The average molecular weight is 345 g/mol. The van der Waals surface area contributed by atoms with Gasteiger partial charge in [0.1, 0.15) is 5.69 Å². The standard InChI is InChI=1S/C19H24FN3O2/c1-24-19-17(21-9-10-22-19)8-13-23-11-6-15(7-12-23)14-25-18-5-3-2-4-16(18)20/h2-5,9-10,15H,6-8,11-14H2,1H3. The maximum atomic E-state index is 13.6. The van der Waals surface area contributed by atoms with E-state index in [4.69, 9.17) is 9.47 Å². The van der Waals surface area contributed by atoms with Gasteiger partial charge in [-0.05, 0) is 44.0 Å². The average Bonchev–Trinajstić information content (AvgIpc) is 2.67. The van der Waals surface area contributed by atoms with Crippen LogP contribution in [0.4, 0.5) is 4.39 Å².